The fourth-order valence-corrected chi connectivity index (χ4v) is 4.67. The Kier molecular flexibility index (Phi) is 5.03. The number of piperazine rings is 1. The normalized spacial score (nSPS) is 18.9. The van der Waals surface area contributed by atoms with Crippen molar-refractivity contribution in [3.8, 4) is 5.75 Å². The van der Waals surface area contributed by atoms with E-state index in [0.29, 0.717) is 24.4 Å². The van der Waals surface area contributed by atoms with E-state index in [9.17, 15) is 17.2 Å². The van der Waals surface area contributed by atoms with E-state index in [2.05, 4.69) is 5.32 Å². The number of hydrogen-bond donors (Lipinski definition) is 1. The summed E-state index contributed by atoms with van der Waals surface area (Å²) in [4.78, 5) is -0.658. The number of ether oxygens (including phenoxy) is 1. The van der Waals surface area contributed by atoms with Gasteiger partial charge in [-0.25, -0.2) is 17.2 Å². The second-order valence-electron chi connectivity index (χ2n) is 5.63. The van der Waals surface area contributed by atoms with Crippen LogP contribution in [0.25, 0.3) is 0 Å². The fraction of sp³-hybridized carbons (Fsp3) is 0.294. The summed E-state index contributed by atoms with van der Waals surface area (Å²) in [6.07, 6.45) is 0. The van der Waals surface area contributed by atoms with Gasteiger partial charge < -0.3 is 10.1 Å². The van der Waals surface area contributed by atoms with Crippen molar-refractivity contribution in [2.75, 3.05) is 26.7 Å². The highest BCUT2D eigenvalue weighted by Gasteiger charge is 2.37. The van der Waals surface area contributed by atoms with Crippen molar-refractivity contribution in [1.82, 2.24) is 9.62 Å². The molecule has 0 aliphatic carbocycles. The van der Waals surface area contributed by atoms with Gasteiger partial charge in [0.1, 0.15) is 10.6 Å². The fourth-order valence-electron chi connectivity index (χ4n) is 2.99. The molecule has 0 spiro atoms. The number of hydrogen-bond acceptors (Lipinski definition) is 4. The van der Waals surface area contributed by atoms with E-state index in [0.717, 1.165) is 12.1 Å². The van der Waals surface area contributed by atoms with Crippen molar-refractivity contribution in [1.29, 1.82) is 0 Å². The van der Waals surface area contributed by atoms with Crippen molar-refractivity contribution in [2.24, 2.45) is 0 Å². The maximum atomic E-state index is 14.1. The van der Waals surface area contributed by atoms with Gasteiger partial charge in [0.25, 0.3) is 0 Å². The molecule has 0 aromatic heterocycles. The number of nitrogens with zero attached hydrogens (tertiary/aromatic N) is 1. The van der Waals surface area contributed by atoms with E-state index in [1.165, 1.54) is 17.5 Å². The third-order valence-electron chi connectivity index (χ3n) is 4.20. The Morgan fingerprint density at radius 1 is 1.16 bits per heavy atom. The minimum atomic E-state index is -4.21. The number of benzene rings is 2. The molecule has 1 atom stereocenters. The van der Waals surface area contributed by atoms with Crippen LogP contribution in [0.15, 0.2) is 47.4 Å². The van der Waals surface area contributed by atoms with E-state index in [4.69, 9.17) is 4.74 Å². The van der Waals surface area contributed by atoms with Crippen LogP contribution in [0.2, 0.25) is 0 Å². The summed E-state index contributed by atoms with van der Waals surface area (Å²) in [5.41, 5.74) is 0.664. The number of halogens is 2. The lowest BCUT2D eigenvalue weighted by atomic mass is 10.0. The molecule has 1 saturated heterocycles. The summed E-state index contributed by atoms with van der Waals surface area (Å²) in [6.45, 7) is 0.902. The predicted octanol–water partition coefficient (Wildman–Crippen LogP) is 2.31. The van der Waals surface area contributed by atoms with Crippen molar-refractivity contribution in [3.05, 3.63) is 59.7 Å². The molecule has 1 heterocycles. The predicted molar refractivity (Wildman–Crippen MR) is 88.9 cm³/mol. The molecule has 1 aliphatic heterocycles. The Bertz CT molecular complexity index is 874. The zero-order valence-corrected chi connectivity index (χ0v) is 14.4. The topological polar surface area (TPSA) is 58.6 Å². The number of rotatable bonds is 4. The van der Waals surface area contributed by atoms with Crippen molar-refractivity contribution >= 4 is 10.0 Å². The Morgan fingerprint density at radius 3 is 2.68 bits per heavy atom. The lowest BCUT2D eigenvalue weighted by Crippen LogP contribution is -2.48. The minimum Gasteiger partial charge on any atom is -0.496 e. The molecule has 2 aromatic rings. The van der Waals surface area contributed by atoms with E-state index in [-0.39, 0.29) is 6.54 Å². The number of para-hydroxylation sites is 1. The summed E-state index contributed by atoms with van der Waals surface area (Å²) < 4.78 is 60.1. The van der Waals surface area contributed by atoms with Gasteiger partial charge >= 0.3 is 0 Å². The first-order chi connectivity index (χ1) is 12.0. The molecule has 5 nitrogen and oxygen atoms in total. The van der Waals surface area contributed by atoms with Gasteiger partial charge in [-0.1, -0.05) is 24.3 Å². The zero-order chi connectivity index (χ0) is 18.0. The van der Waals surface area contributed by atoms with E-state index in [1.54, 1.807) is 24.3 Å². The van der Waals surface area contributed by atoms with Crippen LogP contribution in [-0.4, -0.2) is 39.5 Å². The molecule has 1 unspecified atom stereocenters. The van der Waals surface area contributed by atoms with Crippen LogP contribution in [-0.2, 0) is 10.0 Å². The first-order valence-electron chi connectivity index (χ1n) is 7.76. The molecule has 1 aliphatic rings. The molecule has 0 amide bonds. The smallest absolute Gasteiger partial charge is 0.246 e. The number of sulfonamides is 1. The zero-order valence-electron chi connectivity index (χ0n) is 13.6. The molecule has 1 fully saturated rings. The van der Waals surface area contributed by atoms with Gasteiger partial charge in [-0.15, -0.1) is 0 Å². The van der Waals surface area contributed by atoms with Crippen LogP contribution >= 0.6 is 0 Å². The van der Waals surface area contributed by atoms with Crippen molar-refractivity contribution in [2.45, 2.75) is 10.9 Å². The maximum absolute atomic E-state index is 14.1. The molecule has 0 saturated carbocycles. The maximum Gasteiger partial charge on any atom is 0.246 e. The Labute approximate surface area is 145 Å². The Balaban J connectivity index is 2.08. The van der Waals surface area contributed by atoms with Crippen LogP contribution in [0.5, 0.6) is 5.75 Å². The Morgan fingerprint density at radius 2 is 1.92 bits per heavy atom. The van der Waals surface area contributed by atoms with E-state index in [1.807, 2.05) is 0 Å². The van der Waals surface area contributed by atoms with Crippen LogP contribution in [0, 0.1) is 11.6 Å². The van der Waals surface area contributed by atoms with Gasteiger partial charge in [0, 0.05) is 25.2 Å². The van der Waals surface area contributed by atoms with Crippen LogP contribution in [0.3, 0.4) is 0 Å². The van der Waals surface area contributed by atoms with Gasteiger partial charge in [0.15, 0.2) is 11.6 Å². The van der Waals surface area contributed by atoms with E-state index < -0.39 is 32.6 Å². The lowest BCUT2D eigenvalue weighted by Gasteiger charge is -2.36. The molecule has 25 heavy (non-hydrogen) atoms. The van der Waals surface area contributed by atoms with Crippen LogP contribution in [0.4, 0.5) is 8.78 Å². The standard InChI is InChI=1S/C17H18F2N2O3S/c1-24-15-7-3-2-5-12(15)14-11-20-9-10-21(14)25(22,23)16-8-4-6-13(18)17(16)19/h2-8,14,20H,9-11H2,1H3. The average molecular weight is 368 g/mol. The summed E-state index contributed by atoms with van der Waals surface area (Å²) in [6, 6.07) is 9.63. The highest BCUT2D eigenvalue weighted by molar-refractivity contribution is 7.89. The monoisotopic (exact) mass is 368 g/mol. The van der Waals surface area contributed by atoms with E-state index >= 15 is 0 Å². The average Bonchev–Trinajstić information content (AvgIpc) is 2.63. The Hall–Kier alpha value is -2.03. The highest BCUT2D eigenvalue weighted by Crippen LogP contribution is 2.34. The minimum absolute atomic E-state index is 0.140. The van der Waals surface area contributed by atoms with Crippen molar-refractivity contribution in [3.63, 3.8) is 0 Å². The van der Waals surface area contributed by atoms with Gasteiger partial charge in [-0.2, -0.15) is 4.31 Å². The molecule has 2 aromatic carbocycles. The summed E-state index contributed by atoms with van der Waals surface area (Å²) in [7, 11) is -2.71. The summed E-state index contributed by atoms with van der Waals surface area (Å²) >= 11 is 0. The molecular weight excluding hydrogens is 350 g/mol. The highest BCUT2D eigenvalue weighted by atomic mass is 32.2. The first kappa shape index (κ1) is 17.8. The summed E-state index contributed by atoms with van der Waals surface area (Å²) in [5.74, 6) is -2.01. The molecule has 0 bridgehead atoms. The molecule has 8 heteroatoms. The van der Waals surface area contributed by atoms with Gasteiger partial charge in [0.05, 0.1) is 13.2 Å². The lowest BCUT2D eigenvalue weighted by molar-refractivity contribution is 0.263. The quantitative estimate of drug-likeness (QED) is 0.900. The number of nitrogens with one attached hydrogen (secondary N) is 1. The first-order valence-corrected chi connectivity index (χ1v) is 9.20. The summed E-state index contributed by atoms with van der Waals surface area (Å²) in [5, 5.41) is 3.13. The molecular formula is C17H18F2N2O3S. The molecule has 1 N–H and O–H groups in total. The van der Waals surface area contributed by atoms with Crippen molar-refractivity contribution < 1.29 is 21.9 Å². The largest absolute Gasteiger partial charge is 0.496 e. The van der Waals surface area contributed by atoms with Gasteiger partial charge in [-0.3, -0.25) is 0 Å². The third-order valence-corrected chi connectivity index (χ3v) is 6.12. The second kappa shape index (κ2) is 7.07. The molecule has 134 valence electrons. The molecule has 3 rings (SSSR count). The van der Waals surface area contributed by atoms with Gasteiger partial charge in [-0.05, 0) is 18.2 Å². The van der Waals surface area contributed by atoms with Gasteiger partial charge in [0.2, 0.25) is 10.0 Å². The van der Waals surface area contributed by atoms with Crippen LogP contribution < -0.4 is 10.1 Å². The second-order valence-corrected chi connectivity index (χ2v) is 7.49. The third kappa shape index (κ3) is 3.24. The SMILES string of the molecule is COc1ccccc1C1CNCCN1S(=O)(=O)c1cccc(F)c1F. The van der Waals surface area contributed by atoms with Crippen LogP contribution in [0.1, 0.15) is 11.6 Å². The number of methoxy groups -OCH3 is 1. The molecule has 0 radical (unpaired) electrons.